The number of anilines is 1. The van der Waals surface area contributed by atoms with Crippen molar-refractivity contribution in [2.24, 2.45) is 10.9 Å². The number of amidine groups is 1. The fraction of sp³-hybridized carbons (Fsp3) is 0.571. The molecule has 116 valence electrons. The van der Waals surface area contributed by atoms with E-state index in [2.05, 4.69) is 10.1 Å². The van der Waals surface area contributed by atoms with Gasteiger partial charge in [-0.05, 0) is 32.9 Å². The summed E-state index contributed by atoms with van der Waals surface area (Å²) in [5.74, 6) is 0.655. The molecule has 0 saturated carbocycles. The molecule has 1 unspecified atom stereocenters. The molecule has 2 heterocycles. The second-order valence-corrected chi connectivity index (χ2v) is 5.87. The maximum atomic E-state index is 9.41. The van der Waals surface area contributed by atoms with Crippen LogP contribution in [0.3, 0.4) is 0 Å². The number of hydrogen-bond acceptors (Lipinski definition) is 6. The highest BCUT2D eigenvalue weighted by Crippen LogP contribution is 2.27. The second-order valence-electron chi connectivity index (χ2n) is 5.87. The molecule has 0 amide bonds. The third kappa shape index (κ3) is 3.43. The van der Waals surface area contributed by atoms with E-state index >= 15 is 0 Å². The van der Waals surface area contributed by atoms with Crippen molar-refractivity contribution in [1.29, 1.82) is 0 Å². The van der Waals surface area contributed by atoms with Gasteiger partial charge in [-0.3, -0.25) is 0 Å². The van der Waals surface area contributed by atoms with Gasteiger partial charge in [-0.15, -0.1) is 0 Å². The number of hydrogen-bond donors (Lipinski definition) is 3. The average molecular weight is 294 g/mol. The van der Waals surface area contributed by atoms with Crippen molar-refractivity contribution in [3.05, 3.63) is 23.4 Å². The van der Waals surface area contributed by atoms with E-state index < -0.39 is 5.60 Å². The SMILES string of the molecule is Cc1ccc(/C(N)=N/O)c(N2CC(CO)OC(C)(C)C2)n1. The zero-order valence-electron chi connectivity index (χ0n) is 12.6. The van der Waals surface area contributed by atoms with Crippen LogP contribution in [0.1, 0.15) is 25.1 Å². The maximum absolute atomic E-state index is 9.41. The number of aryl methyl sites for hydroxylation is 1. The Labute approximate surface area is 124 Å². The lowest BCUT2D eigenvalue weighted by Gasteiger charge is -2.43. The Balaban J connectivity index is 2.42. The molecule has 1 aromatic heterocycles. The van der Waals surface area contributed by atoms with E-state index in [4.69, 9.17) is 15.7 Å². The van der Waals surface area contributed by atoms with E-state index in [9.17, 15) is 5.11 Å². The van der Waals surface area contributed by atoms with Crippen molar-refractivity contribution in [2.75, 3.05) is 24.6 Å². The van der Waals surface area contributed by atoms with Gasteiger partial charge in [-0.2, -0.15) is 0 Å². The number of aliphatic hydroxyl groups is 1. The summed E-state index contributed by atoms with van der Waals surface area (Å²) in [4.78, 5) is 6.52. The Hall–Kier alpha value is -1.86. The van der Waals surface area contributed by atoms with Crippen LogP contribution in [0.15, 0.2) is 17.3 Å². The fourth-order valence-corrected chi connectivity index (χ4v) is 2.59. The van der Waals surface area contributed by atoms with Gasteiger partial charge in [0.25, 0.3) is 0 Å². The first-order valence-electron chi connectivity index (χ1n) is 6.85. The number of aliphatic hydroxyl groups excluding tert-OH is 1. The third-order valence-electron chi connectivity index (χ3n) is 3.38. The molecule has 1 atom stereocenters. The van der Waals surface area contributed by atoms with Crippen LogP contribution in [-0.4, -0.2) is 52.5 Å². The van der Waals surface area contributed by atoms with Gasteiger partial charge in [0.15, 0.2) is 5.84 Å². The number of aromatic nitrogens is 1. The molecule has 0 aliphatic carbocycles. The first-order chi connectivity index (χ1) is 9.86. The van der Waals surface area contributed by atoms with Gasteiger partial charge in [0, 0.05) is 18.8 Å². The van der Waals surface area contributed by atoms with Crippen LogP contribution < -0.4 is 10.6 Å². The van der Waals surface area contributed by atoms with Gasteiger partial charge < -0.3 is 25.7 Å². The molecule has 1 aliphatic heterocycles. The minimum absolute atomic E-state index is 0.0161. The summed E-state index contributed by atoms with van der Waals surface area (Å²) >= 11 is 0. The smallest absolute Gasteiger partial charge is 0.173 e. The molecule has 0 radical (unpaired) electrons. The maximum Gasteiger partial charge on any atom is 0.173 e. The van der Waals surface area contributed by atoms with Crippen LogP contribution in [-0.2, 0) is 4.74 Å². The number of ether oxygens (including phenoxy) is 1. The van der Waals surface area contributed by atoms with Gasteiger partial charge in [0.05, 0.1) is 23.9 Å². The van der Waals surface area contributed by atoms with Gasteiger partial charge in [0.1, 0.15) is 5.82 Å². The molecule has 21 heavy (non-hydrogen) atoms. The van der Waals surface area contributed by atoms with Crippen LogP contribution in [0.2, 0.25) is 0 Å². The molecule has 4 N–H and O–H groups in total. The standard InChI is InChI=1S/C14H22N4O3/c1-9-4-5-11(12(15)17-20)13(16-9)18-6-10(7-19)21-14(2,3)8-18/h4-5,10,19-20H,6-8H2,1-3H3,(H2,15,17). The summed E-state index contributed by atoms with van der Waals surface area (Å²) < 4.78 is 5.80. The van der Waals surface area contributed by atoms with E-state index in [1.807, 2.05) is 31.7 Å². The van der Waals surface area contributed by atoms with Crippen LogP contribution in [0, 0.1) is 6.92 Å². The summed E-state index contributed by atoms with van der Waals surface area (Å²) in [6.07, 6.45) is -0.295. The largest absolute Gasteiger partial charge is 0.409 e. The van der Waals surface area contributed by atoms with Crippen molar-refractivity contribution in [3.8, 4) is 0 Å². The molecule has 7 heteroatoms. The topological polar surface area (TPSA) is 104 Å². The Kier molecular flexibility index (Phi) is 4.34. The number of nitrogens with zero attached hydrogens (tertiary/aromatic N) is 3. The van der Waals surface area contributed by atoms with Crippen molar-refractivity contribution in [3.63, 3.8) is 0 Å². The minimum atomic E-state index is -0.417. The lowest BCUT2D eigenvalue weighted by molar-refractivity contribution is -0.101. The molecule has 7 nitrogen and oxygen atoms in total. The van der Waals surface area contributed by atoms with Crippen LogP contribution in [0.4, 0.5) is 5.82 Å². The molecule has 0 spiro atoms. The predicted octanol–water partition coefficient (Wildman–Crippen LogP) is 0.461. The first-order valence-corrected chi connectivity index (χ1v) is 6.85. The van der Waals surface area contributed by atoms with Crippen molar-refractivity contribution in [2.45, 2.75) is 32.5 Å². The number of oxime groups is 1. The van der Waals surface area contributed by atoms with E-state index in [1.54, 1.807) is 6.07 Å². The molecule has 1 saturated heterocycles. The van der Waals surface area contributed by atoms with Crippen LogP contribution >= 0.6 is 0 Å². The van der Waals surface area contributed by atoms with Crippen molar-refractivity contribution < 1.29 is 15.1 Å². The third-order valence-corrected chi connectivity index (χ3v) is 3.38. The summed E-state index contributed by atoms with van der Waals surface area (Å²) in [5.41, 5.74) is 6.73. The van der Waals surface area contributed by atoms with Crippen molar-refractivity contribution in [1.82, 2.24) is 4.98 Å². The molecule has 1 aliphatic rings. The highest BCUT2D eigenvalue weighted by Gasteiger charge is 2.34. The second kappa shape index (κ2) is 5.87. The first kappa shape index (κ1) is 15.5. The highest BCUT2D eigenvalue weighted by molar-refractivity contribution is 6.01. The van der Waals surface area contributed by atoms with Crippen LogP contribution in [0.25, 0.3) is 0 Å². The van der Waals surface area contributed by atoms with Crippen molar-refractivity contribution >= 4 is 11.7 Å². The highest BCUT2D eigenvalue weighted by atomic mass is 16.5. The van der Waals surface area contributed by atoms with Gasteiger partial charge in [0.2, 0.25) is 0 Å². The lowest BCUT2D eigenvalue weighted by Crippen LogP contribution is -2.54. The zero-order valence-corrected chi connectivity index (χ0v) is 12.6. The van der Waals surface area contributed by atoms with Crippen LogP contribution in [0.5, 0.6) is 0 Å². The van der Waals surface area contributed by atoms with E-state index in [0.717, 1.165) is 5.69 Å². The molecule has 0 bridgehead atoms. The molecular weight excluding hydrogens is 272 g/mol. The van der Waals surface area contributed by atoms with E-state index in [0.29, 0.717) is 24.5 Å². The van der Waals surface area contributed by atoms with Gasteiger partial charge in [-0.1, -0.05) is 5.16 Å². The molecule has 0 aromatic carbocycles. The summed E-state index contributed by atoms with van der Waals surface area (Å²) in [7, 11) is 0. The summed E-state index contributed by atoms with van der Waals surface area (Å²) in [6, 6.07) is 3.59. The number of morpholine rings is 1. The Morgan fingerprint density at radius 1 is 1.57 bits per heavy atom. The minimum Gasteiger partial charge on any atom is -0.409 e. The predicted molar refractivity (Wildman–Crippen MR) is 79.7 cm³/mol. The zero-order chi connectivity index (χ0) is 15.6. The number of nitrogens with two attached hydrogens (primary N) is 1. The number of pyridine rings is 1. The van der Waals surface area contributed by atoms with Gasteiger partial charge >= 0.3 is 0 Å². The fourth-order valence-electron chi connectivity index (χ4n) is 2.59. The molecule has 1 fully saturated rings. The Morgan fingerprint density at radius 2 is 2.29 bits per heavy atom. The lowest BCUT2D eigenvalue weighted by atomic mass is 10.0. The number of rotatable bonds is 3. The average Bonchev–Trinajstić information content (AvgIpc) is 2.44. The molecule has 1 aromatic rings. The normalized spacial score (nSPS) is 22.4. The quantitative estimate of drug-likeness (QED) is 0.324. The Bertz CT molecular complexity index is 545. The van der Waals surface area contributed by atoms with E-state index in [1.165, 1.54) is 0 Å². The molecular formula is C14H22N4O3. The monoisotopic (exact) mass is 294 g/mol. The molecule has 2 rings (SSSR count). The Morgan fingerprint density at radius 3 is 2.90 bits per heavy atom. The van der Waals surface area contributed by atoms with Gasteiger partial charge in [-0.25, -0.2) is 4.98 Å². The van der Waals surface area contributed by atoms with E-state index in [-0.39, 0.29) is 18.5 Å². The summed E-state index contributed by atoms with van der Waals surface area (Å²) in [5, 5.41) is 21.4. The summed E-state index contributed by atoms with van der Waals surface area (Å²) in [6.45, 7) is 6.84.